The predicted molar refractivity (Wildman–Crippen MR) is 112 cm³/mol. The third-order valence-electron chi connectivity index (χ3n) is 4.31. The normalized spacial score (nSPS) is 11.7. The number of aromatic nitrogens is 1. The van der Waals surface area contributed by atoms with Gasteiger partial charge in [0.15, 0.2) is 11.8 Å². The first-order chi connectivity index (χ1) is 13.3. The van der Waals surface area contributed by atoms with Gasteiger partial charge in [0.25, 0.3) is 5.91 Å². The molecule has 0 bridgehead atoms. The summed E-state index contributed by atoms with van der Waals surface area (Å²) in [6, 6.07) is 13.6. The van der Waals surface area contributed by atoms with Gasteiger partial charge >= 0.3 is 5.97 Å². The van der Waals surface area contributed by atoms with E-state index in [0.29, 0.717) is 0 Å². The lowest BCUT2D eigenvalue weighted by atomic mass is 10.0. The van der Waals surface area contributed by atoms with Crippen LogP contribution in [-0.4, -0.2) is 23.0 Å². The number of hydrogen-bond acceptors (Lipinski definition) is 5. The molecule has 0 aliphatic rings. The molecular weight excluding hydrogens is 372 g/mol. The summed E-state index contributed by atoms with van der Waals surface area (Å²) in [6.07, 6.45) is -0.936. The molecular formula is C22H22N2O3S. The summed E-state index contributed by atoms with van der Waals surface area (Å²) in [5.41, 5.74) is 4.95. The Morgan fingerprint density at radius 2 is 1.71 bits per heavy atom. The van der Waals surface area contributed by atoms with E-state index in [1.54, 1.807) is 12.3 Å². The molecule has 2 aromatic carbocycles. The Hall–Kier alpha value is -2.99. The van der Waals surface area contributed by atoms with E-state index in [1.165, 1.54) is 11.3 Å². The van der Waals surface area contributed by atoms with Crippen LogP contribution in [0.3, 0.4) is 0 Å². The zero-order chi connectivity index (χ0) is 20.3. The number of esters is 1. The van der Waals surface area contributed by atoms with Gasteiger partial charge < -0.3 is 10.1 Å². The molecule has 0 saturated heterocycles. The van der Waals surface area contributed by atoms with Gasteiger partial charge in [-0.1, -0.05) is 48.0 Å². The number of benzene rings is 2. The molecule has 3 aromatic rings. The minimum atomic E-state index is -0.936. The maximum absolute atomic E-state index is 12.5. The number of carbonyl (C=O) groups excluding carboxylic acids is 2. The van der Waals surface area contributed by atoms with E-state index >= 15 is 0 Å². The average Bonchev–Trinajstić information content (AvgIpc) is 3.15. The standard InChI is InChI=1S/C22H22N2O3S/c1-13-10-14(2)19(15(3)11-13)24-20(25)16(4)27-22(26)18-12-28-21(23-18)17-8-6-5-7-9-17/h5-12,16H,1-4H3,(H,24,25)/t16-/m0/s1. The van der Waals surface area contributed by atoms with Crippen molar-refractivity contribution >= 4 is 28.9 Å². The molecule has 1 N–H and O–H groups in total. The third-order valence-corrected chi connectivity index (χ3v) is 5.20. The first-order valence-corrected chi connectivity index (χ1v) is 9.83. The Kier molecular flexibility index (Phi) is 5.90. The van der Waals surface area contributed by atoms with E-state index in [2.05, 4.69) is 10.3 Å². The van der Waals surface area contributed by atoms with Crippen molar-refractivity contribution in [2.75, 3.05) is 5.32 Å². The van der Waals surface area contributed by atoms with Crippen molar-refractivity contribution in [3.63, 3.8) is 0 Å². The van der Waals surface area contributed by atoms with E-state index in [-0.39, 0.29) is 11.6 Å². The lowest BCUT2D eigenvalue weighted by Crippen LogP contribution is -2.30. The highest BCUT2D eigenvalue weighted by atomic mass is 32.1. The molecule has 0 aliphatic heterocycles. The van der Waals surface area contributed by atoms with Gasteiger partial charge in [0.05, 0.1) is 0 Å². The second-order valence-electron chi connectivity index (χ2n) is 6.71. The van der Waals surface area contributed by atoms with Crippen LogP contribution in [0.4, 0.5) is 5.69 Å². The minimum absolute atomic E-state index is 0.200. The van der Waals surface area contributed by atoms with Crippen LogP contribution in [0.5, 0.6) is 0 Å². The molecule has 28 heavy (non-hydrogen) atoms. The van der Waals surface area contributed by atoms with Gasteiger partial charge in [-0.2, -0.15) is 0 Å². The molecule has 0 fully saturated rings. The highest BCUT2D eigenvalue weighted by Gasteiger charge is 2.22. The van der Waals surface area contributed by atoms with Gasteiger partial charge in [-0.3, -0.25) is 4.79 Å². The highest BCUT2D eigenvalue weighted by molar-refractivity contribution is 7.13. The number of nitrogens with one attached hydrogen (secondary N) is 1. The Morgan fingerprint density at radius 1 is 1.07 bits per heavy atom. The van der Waals surface area contributed by atoms with Crippen LogP contribution in [0.25, 0.3) is 10.6 Å². The number of ether oxygens (including phenoxy) is 1. The maximum Gasteiger partial charge on any atom is 0.358 e. The molecule has 0 aliphatic carbocycles. The summed E-state index contributed by atoms with van der Waals surface area (Å²) in [7, 11) is 0. The molecule has 1 heterocycles. The molecule has 0 saturated carbocycles. The number of nitrogens with zero attached hydrogens (tertiary/aromatic N) is 1. The fourth-order valence-corrected chi connectivity index (χ4v) is 3.75. The second-order valence-corrected chi connectivity index (χ2v) is 7.57. The summed E-state index contributed by atoms with van der Waals surface area (Å²) in [5, 5.41) is 5.23. The number of rotatable bonds is 5. The quantitative estimate of drug-likeness (QED) is 0.624. The summed E-state index contributed by atoms with van der Waals surface area (Å²) >= 11 is 1.36. The summed E-state index contributed by atoms with van der Waals surface area (Å²) in [6.45, 7) is 7.43. The first-order valence-electron chi connectivity index (χ1n) is 8.96. The Balaban J connectivity index is 1.66. The van der Waals surface area contributed by atoms with Crippen molar-refractivity contribution in [1.82, 2.24) is 4.98 Å². The number of amides is 1. The zero-order valence-electron chi connectivity index (χ0n) is 16.3. The van der Waals surface area contributed by atoms with Gasteiger partial charge in [-0.15, -0.1) is 11.3 Å². The molecule has 0 unspecified atom stereocenters. The monoisotopic (exact) mass is 394 g/mol. The van der Waals surface area contributed by atoms with Crippen molar-refractivity contribution in [2.24, 2.45) is 0 Å². The van der Waals surface area contributed by atoms with Crippen molar-refractivity contribution in [3.8, 4) is 10.6 Å². The fourth-order valence-electron chi connectivity index (χ4n) is 2.96. The third kappa shape index (κ3) is 4.46. The van der Waals surface area contributed by atoms with E-state index in [9.17, 15) is 9.59 Å². The van der Waals surface area contributed by atoms with Crippen LogP contribution in [0.15, 0.2) is 47.8 Å². The molecule has 6 heteroatoms. The Bertz CT molecular complexity index is 989. The molecule has 0 spiro atoms. The fraction of sp³-hybridized carbons (Fsp3) is 0.227. The number of carbonyl (C=O) groups is 2. The minimum Gasteiger partial charge on any atom is -0.448 e. The van der Waals surface area contributed by atoms with Gasteiger partial charge in [0.2, 0.25) is 0 Å². The van der Waals surface area contributed by atoms with E-state index < -0.39 is 12.1 Å². The molecule has 1 atom stereocenters. The van der Waals surface area contributed by atoms with Crippen LogP contribution in [-0.2, 0) is 9.53 Å². The van der Waals surface area contributed by atoms with Crippen molar-refractivity contribution in [2.45, 2.75) is 33.8 Å². The van der Waals surface area contributed by atoms with E-state index in [4.69, 9.17) is 4.74 Å². The number of thiazole rings is 1. The van der Waals surface area contributed by atoms with Gasteiger partial charge in [-0.25, -0.2) is 9.78 Å². The molecule has 1 amide bonds. The van der Waals surface area contributed by atoms with Crippen molar-refractivity contribution < 1.29 is 14.3 Å². The number of hydrogen-bond donors (Lipinski definition) is 1. The second kappa shape index (κ2) is 8.35. The number of anilines is 1. The molecule has 5 nitrogen and oxygen atoms in total. The van der Waals surface area contributed by atoms with Crippen LogP contribution in [0.1, 0.15) is 34.1 Å². The zero-order valence-corrected chi connectivity index (χ0v) is 17.1. The van der Waals surface area contributed by atoms with Crippen molar-refractivity contribution in [1.29, 1.82) is 0 Å². The smallest absolute Gasteiger partial charge is 0.358 e. The number of aryl methyl sites for hydroxylation is 3. The SMILES string of the molecule is Cc1cc(C)c(NC(=O)[C@H](C)OC(=O)c2csc(-c3ccccc3)n2)c(C)c1. The predicted octanol–water partition coefficient (Wildman–Crippen LogP) is 4.92. The topological polar surface area (TPSA) is 68.3 Å². The van der Waals surface area contributed by atoms with Gasteiger partial charge in [-0.05, 0) is 38.8 Å². The largest absolute Gasteiger partial charge is 0.448 e. The molecule has 144 valence electrons. The van der Waals surface area contributed by atoms with E-state index in [1.807, 2.05) is 63.2 Å². The lowest BCUT2D eigenvalue weighted by Gasteiger charge is -2.16. The molecule has 0 radical (unpaired) electrons. The Morgan fingerprint density at radius 3 is 2.36 bits per heavy atom. The highest BCUT2D eigenvalue weighted by Crippen LogP contribution is 2.24. The Labute approximate surface area is 168 Å². The lowest BCUT2D eigenvalue weighted by molar-refractivity contribution is -0.123. The molecule has 1 aromatic heterocycles. The van der Waals surface area contributed by atoms with Crippen LogP contribution in [0, 0.1) is 20.8 Å². The van der Waals surface area contributed by atoms with Crippen LogP contribution in [0.2, 0.25) is 0 Å². The maximum atomic E-state index is 12.5. The summed E-state index contributed by atoms with van der Waals surface area (Å²) in [4.78, 5) is 29.2. The first kappa shape index (κ1) is 19.8. The van der Waals surface area contributed by atoms with Crippen molar-refractivity contribution in [3.05, 3.63) is 70.2 Å². The van der Waals surface area contributed by atoms with Crippen LogP contribution < -0.4 is 5.32 Å². The van der Waals surface area contributed by atoms with Crippen LogP contribution >= 0.6 is 11.3 Å². The summed E-state index contributed by atoms with van der Waals surface area (Å²) < 4.78 is 5.32. The average molecular weight is 394 g/mol. The molecule has 3 rings (SSSR count). The summed E-state index contributed by atoms with van der Waals surface area (Å²) in [5.74, 6) is -0.986. The van der Waals surface area contributed by atoms with Gasteiger partial charge in [0.1, 0.15) is 5.01 Å². The van der Waals surface area contributed by atoms with Gasteiger partial charge in [0, 0.05) is 16.6 Å². The van der Waals surface area contributed by atoms with E-state index in [0.717, 1.165) is 32.9 Å².